The highest BCUT2D eigenvalue weighted by Gasteiger charge is 2.33. The fourth-order valence-electron chi connectivity index (χ4n) is 1.85. The maximum absolute atomic E-state index is 12.9. The summed E-state index contributed by atoms with van der Waals surface area (Å²) in [6.07, 6.45) is -2.79. The molecule has 0 saturated carbocycles. The second-order valence-electron chi connectivity index (χ2n) is 4.13. The molecule has 19 heavy (non-hydrogen) atoms. The monoisotopic (exact) mass is 266 g/mol. The van der Waals surface area contributed by atoms with Crippen molar-refractivity contribution in [2.75, 3.05) is 7.05 Å². The molecule has 0 saturated heterocycles. The van der Waals surface area contributed by atoms with E-state index in [1.807, 2.05) is 0 Å². The number of alkyl halides is 3. The van der Waals surface area contributed by atoms with Crippen LogP contribution in [-0.4, -0.2) is 12.0 Å². The molecule has 0 spiro atoms. The van der Waals surface area contributed by atoms with Crippen LogP contribution in [0.15, 0.2) is 42.6 Å². The van der Waals surface area contributed by atoms with E-state index in [-0.39, 0.29) is 5.56 Å². The largest absolute Gasteiger partial charge is 0.417 e. The predicted molar refractivity (Wildman–Crippen MR) is 67.4 cm³/mol. The molecule has 1 aromatic heterocycles. The van der Waals surface area contributed by atoms with Gasteiger partial charge in [-0.25, -0.2) is 0 Å². The van der Waals surface area contributed by atoms with Gasteiger partial charge in [0.15, 0.2) is 0 Å². The van der Waals surface area contributed by atoms with E-state index in [2.05, 4.69) is 10.3 Å². The molecule has 1 aromatic carbocycles. The minimum absolute atomic E-state index is 0.103. The second-order valence-corrected chi connectivity index (χ2v) is 4.13. The van der Waals surface area contributed by atoms with E-state index < -0.39 is 11.7 Å². The summed E-state index contributed by atoms with van der Waals surface area (Å²) in [6.45, 7) is 0.633. The Hall–Kier alpha value is -1.88. The molecule has 2 rings (SSSR count). The van der Waals surface area contributed by atoms with Gasteiger partial charge in [-0.05, 0) is 24.7 Å². The fraction of sp³-hybridized carbons (Fsp3) is 0.214. The molecule has 0 unspecified atom stereocenters. The molecule has 1 heterocycles. The van der Waals surface area contributed by atoms with E-state index in [0.29, 0.717) is 12.2 Å². The smallest absolute Gasteiger partial charge is 0.316 e. The van der Waals surface area contributed by atoms with Crippen LogP contribution in [0.25, 0.3) is 11.3 Å². The second kappa shape index (κ2) is 5.40. The van der Waals surface area contributed by atoms with E-state index >= 15 is 0 Å². The van der Waals surface area contributed by atoms with E-state index in [0.717, 1.165) is 11.6 Å². The van der Waals surface area contributed by atoms with Crippen LogP contribution < -0.4 is 5.32 Å². The number of pyridine rings is 1. The van der Waals surface area contributed by atoms with Crippen LogP contribution in [0.2, 0.25) is 0 Å². The maximum Gasteiger partial charge on any atom is 0.417 e. The van der Waals surface area contributed by atoms with Gasteiger partial charge in [-0.1, -0.05) is 24.3 Å². The molecule has 0 aliphatic heterocycles. The summed E-state index contributed by atoms with van der Waals surface area (Å²) in [5, 5.41) is 2.96. The lowest BCUT2D eigenvalue weighted by Gasteiger charge is -2.12. The summed E-state index contributed by atoms with van der Waals surface area (Å²) in [5.74, 6) is 0. The summed E-state index contributed by atoms with van der Waals surface area (Å²) in [4.78, 5) is 4.10. The third-order valence-corrected chi connectivity index (χ3v) is 2.71. The molecule has 0 aliphatic carbocycles. The van der Waals surface area contributed by atoms with Crippen molar-refractivity contribution in [3.8, 4) is 11.3 Å². The Bertz CT molecular complexity index is 547. The quantitative estimate of drug-likeness (QED) is 0.919. The fourth-order valence-corrected chi connectivity index (χ4v) is 1.85. The van der Waals surface area contributed by atoms with E-state index in [4.69, 9.17) is 0 Å². The van der Waals surface area contributed by atoms with Crippen LogP contribution in [-0.2, 0) is 12.7 Å². The molecule has 100 valence electrons. The van der Waals surface area contributed by atoms with Crippen LogP contribution in [0.1, 0.15) is 11.1 Å². The highest BCUT2D eigenvalue weighted by atomic mass is 19.4. The van der Waals surface area contributed by atoms with Crippen LogP contribution in [0, 0.1) is 0 Å². The van der Waals surface area contributed by atoms with Gasteiger partial charge in [-0.2, -0.15) is 13.2 Å². The minimum atomic E-state index is -4.37. The normalized spacial score (nSPS) is 11.6. The molecular weight excluding hydrogens is 253 g/mol. The van der Waals surface area contributed by atoms with Crippen molar-refractivity contribution in [3.05, 3.63) is 53.7 Å². The Kier molecular flexibility index (Phi) is 3.85. The molecule has 5 heteroatoms. The molecule has 0 bridgehead atoms. The van der Waals surface area contributed by atoms with Gasteiger partial charge in [0.05, 0.1) is 11.3 Å². The molecule has 0 amide bonds. The van der Waals surface area contributed by atoms with Gasteiger partial charge in [0.1, 0.15) is 0 Å². The average Bonchev–Trinajstić information content (AvgIpc) is 2.39. The lowest BCUT2D eigenvalue weighted by atomic mass is 10.0. The Balaban J connectivity index is 2.42. The third-order valence-electron chi connectivity index (χ3n) is 2.71. The zero-order valence-corrected chi connectivity index (χ0v) is 10.3. The van der Waals surface area contributed by atoms with Crippen LogP contribution in [0.3, 0.4) is 0 Å². The number of nitrogens with one attached hydrogen (secondary N) is 1. The topological polar surface area (TPSA) is 24.9 Å². The zero-order chi connectivity index (χ0) is 13.9. The molecule has 2 aromatic rings. The summed E-state index contributed by atoms with van der Waals surface area (Å²) >= 11 is 0. The van der Waals surface area contributed by atoms with Gasteiger partial charge in [0.25, 0.3) is 0 Å². The van der Waals surface area contributed by atoms with Crippen molar-refractivity contribution in [3.63, 3.8) is 0 Å². The van der Waals surface area contributed by atoms with Gasteiger partial charge in [-0.15, -0.1) is 0 Å². The first kappa shape index (κ1) is 13.5. The summed E-state index contributed by atoms with van der Waals surface area (Å²) in [5.41, 5.74) is 0.693. The standard InChI is InChI=1S/C14H13F3N2/c1-18-8-10-6-7-13(19-9-10)11-4-2-3-5-12(11)14(15,16)17/h2-7,9,18H,8H2,1H3. The average molecular weight is 266 g/mol. The van der Waals surface area contributed by atoms with Crippen molar-refractivity contribution in [2.45, 2.75) is 12.7 Å². The summed E-state index contributed by atoms with van der Waals surface area (Å²) in [7, 11) is 1.80. The Morgan fingerprint density at radius 3 is 2.42 bits per heavy atom. The molecule has 0 radical (unpaired) electrons. The molecule has 1 N–H and O–H groups in total. The van der Waals surface area contributed by atoms with Crippen LogP contribution in [0.4, 0.5) is 13.2 Å². The molecule has 0 fully saturated rings. The van der Waals surface area contributed by atoms with E-state index in [1.165, 1.54) is 12.1 Å². The lowest BCUT2D eigenvalue weighted by Crippen LogP contribution is -2.08. The van der Waals surface area contributed by atoms with Crippen molar-refractivity contribution < 1.29 is 13.2 Å². The van der Waals surface area contributed by atoms with Crippen molar-refractivity contribution >= 4 is 0 Å². The molecular formula is C14H13F3N2. The van der Waals surface area contributed by atoms with Gasteiger partial charge < -0.3 is 5.32 Å². The highest BCUT2D eigenvalue weighted by molar-refractivity contribution is 5.64. The zero-order valence-electron chi connectivity index (χ0n) is 10.3. The van der Waals surface area contributed by atoms with Crippen LogP contribution >= 0.6 is 0 Å². The SMILES string of the molecule is CNCc1ccc(-c2ccccc2C(F)(F)F)nc1. The number of hydrogen-bond acceptors (Lipinski definition) is 2. The predicted octanol–water partition coefficient (Wildman–Crippen LogP) is 3.49. The van der Waals surface area contributed by atoms with Crippen LogP contribution in [0.5, 0.6) is 0 Å². The summed E-state index contributed by atoms with van der Waals surface area (Å²) < 4.78 is 38.7. The van der Waals surface area contributed by atoms with E-state index in [1.54, 1.807) is 31.4 Å². The van der Waals surface area contributed by atoms with Gasteiger partial charge in [0, 0.05) is 18.3 Å². The van der Waals surface area contributed by atoms with E-state index in [9.17, 15) is 13.2 Å². The Morgan fingerprint density at radius 1 is 1.11 bits per heavy atom. The van der Waals surface area contributed by atoms with Crippen molar-refractivity contribution in [2.24, 2.45) is 0 Å². The molecule has 0 atom stereocenters. The summed E-state index contributed by atoms with van der Waals surface area (Å²) in [6, 6.07) is 8.83. The Morgan fingerprint density at radius 2 is 1.84 bits per heavy atom. The van der Waals surface area contributed by atoms with Crippen molar-refractivity contribution in [1.82, 2.24) is 10.3 Å². The number of rotatable bonds is 3. The minimum Gasteiger partial charge on any atom is -0.316 e. The Labute approximate surface area is 109 Å². The number of halogens is 3. The van der Waals surface area contributed by atoms with Crippen molar-refractivity contribution in [1.29, 1.82) is 0 Å². The first-order valence-electron chi connectivity index (χ1n) is 5.78. The van der Waals surface area contributed by atoms with Gasteiger partial charge in [0.2, 0.25) is 0 Å². The highest BCUT2D eigenvalue weighted by Crippen LogP contribution is 2.36. The number of aromatic nitrogens is 1. The maximum atomic E-state index is 12.9. The number of benzene rings is 1. The number of hydrogen-bond donors (Lipinski definition) is 1. The van der Waals surface area contributed by atoms with Gasteiger partial charge >= 0.3 is 6.18 Å². The third kappa shape index (κ3) is 3.12. The number of nitrogens with zero attached hydrogens (tertiary/aromatic N) is 1. The first-order chi connectivity index (χ1) is 9.02. The lowest BCUT2D eigenvalue weighted by molar-refractivity contribution is -0.137. The van der Waals surface area contributed by atoms with Gasteiger partial charge in [-0.3, -0.25) is 4.98 Å². The molecule has 2 nitrogen and oxygen atoms in total. The molecule has 0 aliphatic rings. The first-order valence-corrected chi connectivity index (χ1v) is 5.78.